The van der Waals surface area contributed by atoms with Crippen LogP contribution in [0.2, 0.25) is 0 Å². The molecular weight excluding hydrogens is 266 g/mol. The Kier molecular flexibility index (Phi) is 4.38. The first-order chi connectivity index (χ1) is 7.75. The van der Waals surface area contributed by atoms with E-state index < -0.39 is 0 Å². The third-order valence-electron chi connectivity index (χ3n) is 3.17. The molecule has 3 heteroatoms. The van der Waals surface area contributed by atoms with Gasteiger partial charge in [0, 0.05) is 10.5 Å². The first kappa shape index (κ1) is 12.1. The lowest BCUT2D eigenvalue weighted by molar-refractivity contribution is 0.144. The Morgan fingerprint density at radius 1 is 1.31 bits per heavy atom. The van der Waals surface area contributed by atoms with E-state index >= 15 is 0 Å². The fraction of sp³-hybridized carbons (Fsp3) is 0.538. The first-order valence-electron chi connectivity index (χ1n) is 5.92. The Bertz CT molecular complexity index is 319. The standard InChI is InChI=1S/C13H18BrNO/c14-11-6-4-10(5-7-11)13(16)9-12-3-1-2-8-15-12/h4-7,12-13,15-16H,1-3,8-9H2. The van der Waals surface area contributed by atoms with Gasteiger partial charge in [-0.05, 0) is 43.5 Å². The number of rotatable bonds is 3. The van der Waals surface area contributed by atoms with E-state index in [2.05, 4.69) is 21.2 Å². The number of aliphatic hydroxyl groups excluding tert-OH is 1. The second-order valence-electron chi connectivity index (χ2n) is 4.45. The Hall–Kier alpha value is -0.380. The number of hydrogen-bond donors (Lipinski definition) is 2. The van der Waals surface area contributed by atoms with E-state index in [4.69, 9.17) is 0 Å². The average molecular weight is 284 g/mol. The smallest absolute Gasteiger partial charge is 0.0804 e. The molecule has 1 heterocycles. The second kappa shape index (κ2) is 5.80. The molecule has 2 atom stereocenters. The first-order valence-corrected chi connectivity index (χ1v) is 6.72. The highest BCUT2D eigenvalue weighted by Crippen LogP contribution is 2.23. The third kappa shape index (κ3) is 3.30. The number of piperidine rings is 1. The Morgan fingerprint density at radius 3 is 2.69 bits per heavy atom. The van der Waals surface area contributed by atoms with Crippen LogP contribution >= 0.6 is 15.9 Å². The van der Waals surface area contributed by atoms with Gasteiger partial charge in [-0.15, -0.1) is 0 Å². The van der Waals surface area contributed by atoms with Crippen LogP contribution in [0.15, 0.2) is 28.7 Å². The van der Waals surface area contributed by atoms with Gasteiger partial charge in [-0.25, -0.2) is 0 Å². The molecule has 2 rings (SSSR count). The van der Waals surface area contributed by atoms with Crippen LogP contribution in [0.4, 0.5) is 0 Å². The Morgan fingerprint density at radius 2 is 2.06 bits per heavy atom. The van der Waals surface area contributed by atoms with E-state index in [9.17, 15) is 5.11 Å². The Labute approximate surface area is 105 Å². The van der Waals surface area contributed by atoms with Gasteiger partial charge in [0.1, 0.15) is 0 Å². The van der Waals surface area contributed by atoms with Crippen LogP contribution in [0.1, 0.15) is 37.4 Å². The molecule has 0 bridgehead atoms. The molecule has 1 saturated heterocycles. The van der Waals surface area contributed by atoms with Crippen LogP contribution in [0.5, 0.6) is 0 Å². The van der Waals surface area contributed by atoms with Gasteiger partial charge in [-0.1, -0.05) is 34.5 Å². The molecule has 88 valence electrons. The maximum Gasteiger partial charge on any atom is 0.0804 e. The minimum Gasteiger partial charge on any atom is -0.388 e. The van der Waals surface area contributed by atoms with Gasteiger partial charge < -0.3 is 10.4 Å². The van der Waals surface area contributed by atoms with Crippen LogP contribution in [-0.2, 0) is 0 Å². The summed E-state index contributed by atoms with van der Waals surface area (Å²) in [7, 11) is 0. The lowest BCUT2D eigenvalue weighted by atomic mass is 9.96. The van der Waals surface area contributed by atoms with Crippen LogP contribution in [-0.4, -0.2) is 17.7 Å². The van der Waals surface area contributed by atoms with Crippen molar-refractivity contribution in [3.05, 3.63) is 34.3 Å². The number of hydrogen-bond acceptors (Lipinski definition) is 2. The molecule has 0 spiro atoms. The van der Waals surface area contributed by atoms with Crippen molar-refractivity contribution in [1.82, 2.24) is 5.32 Å². The predicted molar refractivity (Wildman–Crippen MR) is 69.4 cm³/mol. The zero-order valence-corrected chi connectivity index (χ0v) is 10.9. The van der Waals surface area contributed by atoms with Gasteiger partial charge in [0.25, 0.3) is 0 Å². The summed E-state index contributed by atoms with van der Waals surface area (Å²) in [6, 6.07) is 8.40. The molecule has 0 aliphatic carbocycles. The molecule has 2 unspecified atom stereocenters. The summed E-state index contributed by atoms with van der Waals surface area (Å²) in [5, 5.41) is 13.6. The second-order valence-corrected chi connectivity index (χ2v) is 5.37. The van der Waals surface area contributed by atoms with E-state index in [1.807, 2.05) is 24.3 Å². The summed E-state index contributed by atoms with van der Waals surface area (Å²) < 4.78 is 1.05. The van der Waals surface area contributed by atoms with Crippen LogP contribution in [0.3, 0.4) is 0 Å². The molecule has 2 N–H and O–H groups in total. The van der Waals surface area contributed by atoms with E-state index in [1.165, 1.54) is 19.3 Å². The maximum atomic E-state index is 10.1. The van der Waals surface area contributed by atoms with E-state index in [0.29, 0.717) is 6.04 Å². The van der Waals surface area contributed by atoms with Crippen molar-refractivity contribution in [3.63, 3.8) is 0 Å². The molecule has 2 nitrogen and oxygen atoms in total. The fourth-order valence-electron chi connectivity index (χ4n) is 2.22. The predicted octanol–water partition coefficient (Wildman–Crippen LogP) is 3.01. The van der Waals surface area contributed by atoms with Crippen LogP contribution in [0, 0.1) is 0 Å². The summed E-state index contributed by atoms with van der Waals surface area (Å²) in [5.41, 5.74) is 1.01. The molecule has 0 saturated carbocycles. The number of aliphatic hydroxyl groups is 1. The zero-order chi connectivity index (χ0) is 11.4. The SMILES string of the molecule is OC(CC1CCCCN1)c1ccc(Br)cc1. The van der Waals surface area contributed by atoms with Crippen molar-refractivity contribution < 1.29 is 5.11 Å². The molecule has 1 aliphatic rings. The summed E-state index contributed by atoms with van der Waals surface area (Å²) in [6.07, 6.45) is 4.22. The van der Waals surface area contributed by atoms with E-state index in [0.717, 1.165) is 23.0 Å². The van der Waals surface area contributed by atoms with Gasteiger partial charge in [0.15, 0.2) is 0 Å². The summed E-state index contributed by atoms with van der Waals surface area (Å²) in [6.45, 7) is 1.09. The Balaban J connectivity index is 1.91. The van der Waals surface area contributed by atoms with Crippen molar-refractivity contribution >= 4 is 15.9 Å². The van der Waals surface area contributed by atoms with E-state index in [-0.39, 0.29) is 6.10 Å². The van der Waals surface area contributed by atoms with Crippen molar-refractivity contribution in [2.24, 2.45) is 0 Å². The summed E-state index contributed by atoms with van der Waals surface area (Å²) in [5.74, 6) is 0. The van der Waals surface area contributed by atoms with Crippen molar-refractivity contribution in [3.8, 4) is 0 Å². The molecule has 0 amide bonds. The van der Waals surface area contributed by atoms with Gasteiger partial charge in [-0.2, -0.15) is 0 Å². The molecule has 1 aromatic rings. The highest BCUT2D eigenvalue weighted by molar-refractivity contribution is 9.10. The molecule has 1 aromatic carbocycles. The molecule has 0 radical (unpaired) electrons. The number of halogens is 1. The summed E-state index contributed by atoms with van der Waals surface area (Å²) >= 11 is 3.40. The van der Waals surface area contributed by atoms with Crippen molar-refractivity contribution in [2.75, 3.05) is 6.54 Å². The maximum absolute atomic E-state index is 10.1. The van der Waals surface area contributed by atoms with E-state index in [1.54, 1.807) is 0 Å². The van der Waals surface area contributed by atoms with Crippen molar-refractivity contribution in [2.45, 2.75) is 37.8 Å². The molecular formula is C13H18BrNO. The van der Waals surface area contributed by atoms with Crippen LogP contribution in [0.25, 0.3) is 0 Å². The topological polar surface area (TPSA) is 32.3 Å². The monoisotopic (exact) mass is 283 g/mol. The minimum atomic E-state index is -0.344. The van der Waals surface area contributed by atoms with Crippen LogP contribution < -0.4 is 5.32 Å². The fourth-order valence-corrected chi connectivity index (χ4v) is 2.48. The zero-order valence-electron chi connectivity index (χ0n) is 9.32. The number of benzene rings is 1. The molecule has 1 aliphatic heterocycles. The lowest BCUT2D eigenvalue weighted by Gasteiger charge is -2.25. The molecule has 16 heavy (non-hydrogen) atoms. The molecule has 1 fully saturated rings. The highest BCUT2D eigenvalue weighted by Gasteiger charge is 2.17. The largest absolute Gasteiger partial charge is 0.388 e. The quantitative estimate of drug-likeness (QED) is 0.894. The van der Waals surface area contributed by atoms with Gasteiger partial charge in [0.2, 0.25) is 0 Å². The molecule has 0 aromatic heterocycles. The van der Waals surface area contributed by atoms with Gasteiger partial charge >= 0.3 is 0 Å². The van der Waals surface area contributed by atoms with Gasteiger partial charge in [0.05, 0.1) is 6.10 Å². The summed E-state index contributed by atoms with van der Waals surface area (Å²) in [4.78, 5) is 0. The third-order valence-corrected chi connectivity index (χ3v) is 3.70. The minimum absolute atomic E-state index is 0.344. The lowest BCUT2D eigenvalue weighted by Crippen LogP contribution is -2.35. The average Bonchev–Trinajstić information content (AvgIpc) is 2.31. The van der Waals surface area contributed by atoms with Gasteiger partial charge in [-0.3, -0.25) is 0 Å². The normalized spacial score (nSPS) is 23.0. The highest BCUT2D eigenvalue weighted by atomic mass is 79.9. The van der Waals surface area contributed by atoms with Crippen molar-refractivity contribution in [1.29, 1.82) is 0 Å². The number of nitrogens with one attached hydrogen (secondary N) is 1.